The number of nitrogens with zero attached hydrogens (tertiary/aromatic N) is 4. The van der Waals surface area contributed by atoms with Gasteiger partial charge in [0, 0.05) is 24.7 Å². The maximum Gasteiger partial charge on any atom is 0.344 e. The Balaban J connectivity index is 1.73. The standard InChI is InChI=1S/C14H13N5O3S/c1-8-11(12-15-4-3-5-19(12)18-8)13(21)22-6-10-7-23-14(17-10)16-9(2)20/h3-5,7H,6H2,1-2H3,(H,16,17,20). The van der Waals surface area contributed by atoms with Crippen LogP contribution in [-0.2, 0) is 16.1 Å². The molecule has 0 radical (unpaired) electrons. The molecular weight excluding hydrogens is 318 g/mol. The van der Waals surface area contributed by atoms with Gasteiger partial charge >= 0.3 is 5.97 Å². The first-order valence-corrected chi connectivity index (χ1v) is 7.61. The van der Waals surface area contributed by atoms with Crippen LogP contribution in [0.4, 0.5) is 5.13 Å². The van der Waals surface area contributed by atoms with Crippen LogP contribution < -0.4 is 5.32 Å². The van der Waals surface area contributed by atoms with Crippen molar-refractivity contribution in [2.24, 2.45) is 0 Å². The van der Waals surface area contributed by atoms with Gasteiger partial charge in [-0.15, -0.1) is 11.3 Å². The van der Waals surface area contributed by atoms with Crippen molar-refractivity contribution >= 4 is 34.0 Å². The Labute approximate surface area is 135 Å². The van der Waals surface area contributed by atoms with Gasteiger partial charge in [-0.05, 0) is 13.0 Å². The highest BCUT2D eigenvalue weighted by Gasteiger charge is 2.19. The topological polar surface area (TPSA) is 98.5 Å². The summed E-state index contributed by atoms with van der Waals surface area (Å²) in [5, 5.41) is 8.99. The number of ether oxygens (including phenoxy) is 1. The van der Waals surface area contributed by atoms with E-state index in [-0.39, 0.29) is 12.5 Å². The fraction of sp³-hybridized carbons (Fsp3) is 0.214. The molecule has 8 nitrogen and oxygen atoms in total. The minimum absolute atomic E-state index is 0.0124. The molecule has 118 valence electrons. The number of amides is 1. The molecule has 3 heterocycles. The zero-order valence-corrected chi connectivity index (χ0v) is 13.3. The van der Waals surface area contributed by atoms with Gasteiger partial charge in [0.25, 0.3) is 0 Å². The summed E-state index contributed by atoms with van der Waals surface area (Å²) in [5.74, 6) is -0.707. The van der Waals surface area contributed by atoms with E-state index in [9.17, 15) is 9.59 Å². The second-order valence-electron chi connectivity index (χ2n) is 4.75. The van der Waals surface area contributed by atoms with Crippen LogP contribution in [0.2, 0.25) is 0 Å². The summed E-state index contributed by atoms with van der Waals surface area (Å²) in [7, 11) is 0. The van der Waals surface area contributed by atoms with Gasteiger partial charge in [-0.2, -0.15) is 5.10 Å². The molecule has 0 aliphatic carbocycles. The number of thiazole rings is 1. The Morgan fingerprint density at radius 2 is 2.26 bits per heavy atom. The number of rotatable bonds is 4. The van der Waals surface area contributed by atoms with Gasteiger partial charge in [0.05, 0.1) is 11.4 Å². The van der Waals surface area contributed by atoms with E-state index in [1.54, 1.807) is 30.8 Å². The number of aromatic nitrogens is 4. The van der Waals surface area contributed by atoms with E-state index < -0.39 is 5.97 Å². The predicted octanol–water partition coefficient (Wildman–Crippen LogP) is 1.81. The monoisotopic (exact) mass is 331 g/mol. The van der Waals surface area contributed by atoms with Crippen molar-refractivity contribution in [1.29, 1.82) is 0 Å². The largest absolute Gasteiger partial charge is 0.455 e. The quantitative estimate of drug-likeness (QED) is 0.732. The molecule has 9 heteroatoms. The molecule has 0 aliphatic rings. The van der Waals surface area contributed by atoms with Gasteiger partial charge in [0.15, 0.2) is 10.8 Å². The van der Waals surface area contributed by atoms with Crippen molar-refractivity contribution in [3.05, 3.63) is 40.8 Å². The first-order valence-electron chi connectivity index (χ1n) is 6.73. The molecule has 0 unspecified atom stereocenters. The van der Waals surface area contributed by atoms with Crippen molar-refractivity contribution in [2.75, 3.05) is 5.32 Å². The SMILES string of the molecule is CC(=O)Nc1nc(COC(=O)c2c(C)nn3cccnc23)cs1. The molecule has 3 rings (SSSR count). The average Bonchev–Trinajstić information content (AvgIpc) is 3.07. The lowest BCUT2D eigenvalue weighted by Crippen LogP contribution is -2.08. The summed E-state index contributed by atoms with van der Waals surface area (Å²) in [6, 6.07) is 1.73. The molecule has 0 saturated carbocycles. The first-order chi connectivity index (χ1) is 11.0. The van der Waals surface area contributed by atoms with Crippen molar-refractivity contribution in [1.82, 2.24) is 19.6 Å². The number of carbonyl (C=O) groups is 2. The molecule has 0 aromatic carbocycles. The van der Waals surface area contributed by atoms with Gasteiger partial charge in [-0.1, -0.05) is 0 Å². The summed E-state index contributed by atoms with van der Waals surface area (Å²) in [4.78, 5) is 31.6. The van der Waals surface area contributed by atoms with Crippen LogP contribution in [0.5, 0.6) is 0 Å². The third-order valence-corrected chi connectivity index (χ3v) is 3.77. The van der Waals surface area contributed by atoms with Crippen LogP contribution in [-0.4, -0.2) is 31.5 Å². The van der Waals surface area contributed by atoms with E-state index in [2.05, 4.69) is 20.4 Å². The lowest BCUT2D eigenvalue weighted by atomic mass is 10.2. The second kappa shape index (κ2) is 6.13. The van der Waals surface area contributed by atoms with Crippen LogP contribution in [0, 0.1) is 6.92 Å². The van der Waals surface area contributed by atoms with E-state index in [1.165, 1.54) is 22.8 Å². The highest BCUT2D eigenvalue weighted by atomic mass is 32.1. The fourth-order valence-corrected chi connectivity index (χ4v) is 2.77. The number of hydrogen-bond donors (Lipinski definition) is 1. The van der Waals surface area contributed by atoms with Crippen LogP contribution in [0.3, 0.4) is 0 Å². The summed E-state index contributed by atoms with van der Waals surface area (Å²) in [5.41, 5.74) is 1.90. The second-order valence-corrected chi connectivity index (χ2v) is 5.61. The minimum Gasteiger partial charge on any atom is -0.455 e. The first kappa shape index (κ1) is 15.1. The van der Waals surface area contributed by atoms with Crippen molar-refractivity contribution < 1.29 is 14.3 Å². The van der Waals surface area contributed by atoms with E-state index in [1.807, 2.05) is 0 Å². The molecule has 1 N–H and O–H groups in total. The zero-order chi connectivity index (χ0) is 16.4. The third kappa shape index (κ3) is 3.19. The van der Waals surface area contributed by atoms with E-state index in [4.69, 9.17) is 4.74 Å². The van der Waals surface area contributed by atoms with Crippen molar-refractivity contribution in [3.8, 4) is 0 Å². The molecule has 0 fully saturated rings. The molecule has 3 aromatic rings. The van der Waals surface area contributed by atoms with Gasteiger partial charge in [-0.3, -0.25) is 4.79 Å². The van der Waals surface area contributed by atoms with Gasteiger partial charge in [-0.25, -0.2) is 19.3 Å². The number of fused-ring (bicyclic) bond motifs is 1. The van der Waals surface area contributed by atoms with E-state index in [0.29, 0.717) is 27.7 Å². The number of esters is 1. The molecule has 0 saturated heterocycles. The molecule has 3 aromatic heterocycles. The van der Waals surface area contributed by atoms with Gasteiger partial charge < -0.3 is 10.1 Å². The molecule has 0 bridgehead atoms. The van der Waals surface area contributed by atoms with Gasteiger partial charge in [0.1, 0.15) is 12.2 Å². The predicted molar refractivity (Wildman–Crippen MR) is 83.3 cm³/mol. The number of anilines is 1. The Kier molecular flexibility index (Phi) is 4.02. The van der Waals surface area contributed by atoms with E-state index >= 15 is 0 Å². The summed E-state index contributed by atoms with van der Waals surface area (Å²) < 4.78 is 6.81. The van der Waals surface area contributed by atoms with Crippen molar-refractivity contribution in [2.45, 2.75) is 20.5 Å². The number of hydrogen-bond acceptors (Lipinski definition) is 7. The highest BCUT2D eigenvalue weighted by molar-refractivity contribution is 7.13. The number of carbonyl (C=O) groups excluding carboxylic acids is 2. The van der Waals surface area contributed by atoms with Gasteiger partial charge in [0.2, 0.25) is 5.91 Å². The third-order valence-electron chi connectivity index (χ3n) is 2.96. The molecular formula is C14H13N5O3S. The van der Waals surface area contributed by atoms with Crippen LogP contribution in [0.1, 0.15) is 28.7 Å². The Bertz CT molecular complexity index is 886. The summed E-state index contributed by atoms with van der Waals surface area (Å²) in [6.07, 6.45) is 3.31. The smallest absolute Gasteiger partial charge is 0.344 e. The number of nitrogens with one attached hydrogen (secondary N) is 1. The molecule has 0 spiro atoms. The normalized spacial score (nSPS) is 10.7. The Morgan fingerprint density at radius 1 is 1.43 bits per heavy atom. The van der Waals surface area contributed by atoms with E-state index in [0.717, 1.165) is 0 Å². The Morgan fingerprint density at radius 3 is 3.04 bits per heavy atom. The van der Waals surface area contributed by atoms with Crippen LogP contribution in [0.25, 0.3) is 5.65 Å². The maximum absolute atomic E-state index is 12.3. The maximum atomic E-state index is 12.3. The number of aryl methyl sites for hydroxylation is 1. The highest BCUT2D eigenvalue weighted by Crippen LogP contribution is 2.18. The molecule has 0 atom stereocenters. The van der Waals surface area contributed by atoms with Crippen LogP contribution >= 0.6 is 11.3 Å². The van der Waals surface area contributed by atoms with Crippen LogP contribution in [0.15, 0.2) is 23.8 Å². The zero-order valence-electron chi connectivity index (χ0n) is 12.4. The summed E-state index contributed by atoms with van der Waals surface area (Å²) in [6.45, 7) is 3.14. The molecule has 23 heavy (non-hydrogen) atoms. The molecule has 1 amide bonds. The van der Waals surface area contributed by atoms with Crippen molar-refractivity contribution in [3.63, 3.8) is 0 Å². The lowest BCUT2D eigenvalue weighted by molar-refractivity contribution is -0.114. The minimum atomic E-state index is -0.509. The Hall–Kier alpha value is -2.81. The average molecular weight is 331 g/mol. The summed E-state index contributed by atoms with van der Waals surface area (Å²) >= 11 is 1.27. The lowest BCUT2D eigenvalue weighted by Gasteiger charge is -2.02. The fourth-order valence-electron chi connectivity index (χ4n) is 2.03. The molecule has 0 aliphatic heterocycles.